The molecule has 5 nitrogen and oxygen atoms in total. The van der Waals surface area contributed by atoms with Crippen LogP contribution in [0, 0.1) is 0 Å². The first-order valence-electron chi connectivity index (χ1n) is 7.81. The number of rotatable bonds is 9. The quantitative estimate of drug-likeness (QED) is 0.715. The van der Waals surface area contributed by atoms with Gasteiger partial charge in [0, 0.05) is 0 Å². The van der Waals surface area contributed by atoms with Crippen molar-refractivity contribution in [2.75, 3.05) is 13.7 Å². The lowest BCUT2D eigenvalue weighted by atomic mass is 10.1. The lowest BCUT2D eigenvalue weighted by Crippen LogP contribution is -2.46. The van der Waals surface area contributed by atoms with E-state index in [-0.39, 0.29) is 6.61 Å². The smallest absolute Gasteiger partial charge is 0.325 e. The fraction of sp³-hybridized carbons (Fsp3) is 0.316. The van der Waals surface area contributed by atoms with E-state index in [4.69, 9.17) is 19.9 Å². The molecule has 0 saturated heterocycles. The van der Waals surface area contributed by atoms with Crippen molar-refractivity contribution in [2.45, 2.75) is 25.4 Å². The number of benzene rings is 2. The van der Waals surface area contributed by atoms with Crippen LogP contribution in [0.2, 0.25) is 0 Å². The summed E-state index contributed by atoms with van der Waals surface area (Å²) in [5.41, 5.74) is 7.99. The van der Waals surface area contributed by atoms with Crippen molar-refractivity contribution in [3.05, 3.63) is 71.8 Å². The summed E-state index contributed by atoms with van der Waals surface area (Å²) >= 11 is 0. The molecule has 1 unspecified atom stereocenters. The summed E-state index contributed by atoms with van der Waals surface area (Å²) in [4.78, 5) is 11.7. The molecule has 0 saturated carbocycles. The maximum absolute atomic E-state index is 11.7. The van der Waals surface area contributed by atoms with Gasteiger partial charge in [-0.25, -0.2) is 0 Å². The van der Waals surface area contributed by atoms with Crippen LogP contribution in [0.5, 0.6) is 0 Å². The number of hydrogen-bond donors (Lipinski definition) is 1. The number of carbonyl (C=O) groups is 1. The Hall–Kier alpha value is -2.21. The third-order valence-electron chi connectivity index (χ3n) is 3.57. The van der Waals surface area contributed by atoms with E-state index in [2.05, 4.69) is 0 Å². The first-order valence-corrected chi connectivity index (χ1v) is 7.81. The molecule has 5 heteroatoms. The van der Waals surface area contributed by atoms with Gasteiger partial charge in [0.25, 0.3) is 0 Å². The summed E-state index contributed by atoms with van der Waals surface area (Å²) in [7, 11) is 1.31. The van der Waals surface area contributed by atoms with Gasteiger partial charge in [-0.3, -0.25) is 4.79 Å². The van der Waals surface area contributed by atoms with Gasteiger partial charge in [-0.2, -0.15) is 0 Å². The Morgan fingerprint density at radius 2 is 1.50 bits per heavy atom. The van der Waals surface area contributed by atoms with E-state index in [1.54, 1.807) is 0 Å². The summed E-state index contributed by atoms with van der Waals surface area (Å²) in [5.74, 6) is -0.517. The highest BCUT2D eigenvalue weighted by atomic mass is 16.5. The molecule has 2 aromatic carbocycles. The van der Waals surface area contributed by atoms with E-state index >= 15 is 0 Å². The van der Waals surface area contributed by atoms with Gasteiger partial charge in [0.2, 0.25) is 0 Å². The Morgan fingerprint density at radius 1 is 0.958 bits per heavy atom. The molecule has 2 N–H and O–H groups in total. The van der Waals surface area contributed by atoms with Crippen molar-refractivity contribution >= 4 is 5.97 Å². The molecule has 24 heavy (non-hydrogen) atoms. The third kappa shape index (κ3) is 5.77. The van der Waals surface area contributed by atoms with Gasteiger partial charge in [-0.15, -0.1) is 0 Å². The number of ether oxygens (including phenoxy) is 3. The second kappa shape index (κ2) is 9.82. The molecule has 0 aromatic heterocycles. The van der Waals surface area contributed by atoms with E-state index in [1.807, 2.05) is 60.7 Å². The molecular formula is C19H23NO4. The Balaban J connectivity index is 1.90. The molecule has 0 amide bonds. The monoisotopic (exact) mass is 329 g/mol. The largest absolute Gasteiger partial charge is 0.468 e. The van der Waals surface area contributed by atoms with Crippen LogP contribution < -0.4 is 5.73 Å². The summed E-state index contributed by atoms with van der Waals surface area (Å²) in [6.07, 6.45) is -0.582. The van der Waals surface area contributed by atoms with Crippen LogP contribution in [-0.2, 0) is 32.2 Å². The summed E-state index contributed by atoms with van der Waals surface area (Å²) < 4.78 is 16.2. The molecule has 0 aliphatic rings. The first-order chi connectivity index (χ1) is 11.7. The van der Waals surface area contributed by atoms with Gasteiger partial charge in [-0.1, -0.05) is 60.7 Å². The maximum Gasteiger partial charge on any atom is 0.325 e. The lowest BCUT2D eigenvalue weighted by Gasteiger charge is -2.22. The topological polar surface area (TPSA) is 70.8 Å². The molecule has 2 rings (SSSR count). The number of nitrogens with two attached hydrogens (primary N) is 1. The van der Waals surface area contributed by atoms with E-state index in [1.165, 1.54) is 7.11 Å². The first kappa shape index (κ1) is 18.1. The van der Waals surface area contributed by atoms with E-state index < -0.39 is 18.1 Å². The average molecular weight is 329 g/mol. The van der Waals surface area contributed by atoms with Crippen molar-refractivity contribution in [3.63, 3.8) is 0 Å². The van der Waals surface area contributed by atoms with E-state index in [9.17, 15) is 4.79 Å². The van der Waals surface area contributed by atoms with E-state index in [0.29, 0.717) is 13.2 Å². The fourth-order valence-corrected chi connectivity index (χ4v) is 2.19. The number of methoxy groups -OCH3 is 1. The molecule has 0 aliphatic carbocycles. The van der Waals surface area contributed by atoms with E-state index in [0.717, 1.165) is 11.1 Å². The van der Waals surface area contributed by atoms with Gasteiger partial charge < -0.3 is 19.9 Å². The Bertz CT molecular complexity index is 603. The molecule has 0 bridgehead atoms. The molecule has 2 aromatic rings. The molecule has 128 valence electrons. The van der Waals surface area contributed by atoms with Crippen molar-refractivity contribution in [2.24, 2.45) is 5.73 Å². The second-order valence-electron chi connectivity index (χ2n) is 5.38. The standard InChI is InChI=1S/C19H23NO4/c1-22-19(21)18(20)17(24-13-16-10-6-3-7-11-16)14-23-12-15-8-4-2-5-9-15/h2-11,17-18H,12-14,20H2,1H3/t17-,18?/m1/s1. The predicted octanol–water partition coefficient (Wildman–Crippen LogP) is 2.29. The zero-order chi connectivity index (χ0) is 17.2. The highest BCUT2D eigenvalue weighted by Gasteiger charge is 2.26. The maximum atomic E-state index is 11.7. The van der Waals surface area contributed by atoms with Crippen LogP contribution >= 0.6 is 0 Å². The molecule has 0 radical (unpaired) electrons. The van der Waals surface area contributed by atoms with Gasteiger partial charge in [-0.05, 0) is 11.1 Å². The van der Waals surface area contributed by atoms with Gasteiger partial charge in [0.15, 0.2) is 0 Å². The molecule has 0 heterocycles. The van der Waals surface area contributed by atoms with Crippen LogP contribution in [0.25, 0.3) is 0 Å². The summed E-state index contributed by atoms with van der Waals surface area (Å²) in [5, 5.41) is 0. The minimum absolute atomic E-state index is 0.206. The Labute approximate surface area is 142 Å². The summed E-state index contributed by atoms with van der Waals surface area (Å²) in [6.45, 7) is 0.989. The minimum atomic E-state index is -0.894. The van der Waals surface area contributed by atoms with Gasteiger partial charge in [0.05, 0.1) is 26.9 Å². The zero-order valence-electron chi connectivity index (χ0n) is 13.8. The second-order valence-corrected chi connectivity index (χ2v) is 5.38. The van der Waals surface area contributed by atoms with Crippen LogP contribution in [0.4, 0.5) is 0 Å². The molecule has 0 spiro atoms. The third-order valence-corrected chi connectivity index (χ3v) is 3.57. The molecular weight excluding hydrogens is 306 g/mol. The number of esters is 1. The van der Waals surface area contributed by atoms with Crippen LogP contribution in [0.3, 0.4) is 0 Å². The van der Waals surface area contributed by atoms with Gasteiger partial charge in [0.1, 0.15) is 12.1 Å². The molecule has 0 fully saturated rings. The normalized spacial score (nSPS) is 13.2. The SMILES string of the molecule is COC(=O)C(N)[C@@H](COCc1ccccc1)OCc1ccccc1. The highest BCUT2D eigenvalue weighted by Crippen LogP contribution is 2.09. The summed E-state index contributed by atoms with van der Waals surface area (Å²) in [6, 6.07) is 18.6. The predicted molar refractivity (Wildman–Crippen MR) is 91.1 cm³/mol. The van der Waals surface area contributed by atoms with Crippen LogP contribution in [0.15, 0.2) is 60.7 Å². The van der Waals surface area contributed by atoms with Crippen LogP contribution in [0.1, 0.15) is 11.1 Å². The molecule has 2 atom stereocenters. The lowest BCUT2D eigenvalue weighted by molar-refractivity contribution is -0.148. The Morgan fingerprint density at radius 3 is 2.04 bits per heavy atom. The zero-order valence-corrected chi connectivity index (χ0v) is 13.8. The van der Waals surface area contributed by atoms with Crippen molar-refractivity contribution in [1.29, 1.82) is 0 Å². The average Bonchev–Trinajstić information content (AvgIpc) is 2.65. The van der Waals surface area contributed by atoms with Crippen LogP contribution in [-0.4, -0.2) is 31.8 Å². The number of hydrogen-bond acceptors (Lipinski definition) is 5. The highest BCUT2D eigenvalue weighted by molar-refractivity contribution is 5.76. The van der Waals surface area contributed by atoms with Gasteiger partial charge >= 0.3 is 5.97 Å². The van der Waals surface area contributed by atoms with Crippen molar-refractivity contribution < 1.29 is 19.0 Å². The Kier molecular flexibility index (Phi) is 7.42. The van der Waals surface area contributed by atoms with Crippen molar-refractivity contribution in [3.8, 4) is 0 Å². The number of carbonyl (C=O) groups excluding carboxylic acids is 1. The molecule has 0 aliphatic heterocycles. The van der Waals surface area contributed by atoms with Crippen molar-refractivity contribution in [1.82, 2.24) is 0 Å². The fourth-order valence-electron chi connectivity index (χ4n) is 2.19. The minimum Gasteiger partial charge on any atom is -0.468 e.